The smallest absolute Gasteiger partial charge is 0.256 e. The monoisotopic (exact) mass is 353 g/mol. The number of piperazine rings is 1. The van der Waals surface area contributed by atoms with Gasteiger partial charge in [0.05, 0.1) is 5.56 Å². The van der Waals surface area contributed by atoms with Crippen molar-refractivity contribution in [2.45, 2.75) is 20.3 Å². The Labute approximate surface area is 133 Å². The van der Waals surface area contributed by atoms with Crippen LogP contribution in [-0.2, 0) is 4.79 Å². The molecule has 0 unspecified atom stereocenters. The number of nitrogens with zero attached hydrogens (tertiary/aromatic N) is 3. The lowest BCUT2D eigenvalue weighted by atomic mass is 10.1. The van der Waals surface area contributed by atoms with Crippen LogP contribution in [0.4, 0.5) is 0 Å². The van der Waals surface area contributed by atoms with Crippen LogP contribution in [0, 0.1) is 5.92 Å². The van der Waals surface area contributed by atoms with E-state index >= 15 is 0 Å². The molecule has 5 nitrogen and oxygen atoms in total. The Morgan fingerprint density at radius 2 is 1.86 bits per heavy atom. The van der Waals surface area contributed by atoms with Crippen LogP contribution in [0.1, 0.15) is 30.6 Å². The third-order valence-corrected chi connectivity index (χ3v) is 4.12. The Morgan fingerprint density at radius 1 is 1.24 bits per heavy atom. The normalized spacial score (nSPS) is 15.4. The van der Waals surface area contributed by atoms with Crippen LogP contribution in [0.2, 0.25) is 0 Å². The molecule has 0 bridgehead atoms. The van der Waals surface area contributed by atoms with Gasteiger partial charge in [0, 0.05) is 38.8 Å². The summed E-state index contributed by atoms with van der Waals surface area (Å²) in [5.74, 6) is 0.508. The van der Waals surface area contributed by atoms with Gasteiger partial charge in [-0.2, -0.15) is 0 Å². The fourth-order valence-electron chi connectivity index (χ4n) is 2.35. The van der Waals surface area contributed by atoms with E-state index in [9.17, 15) is 9.59 Å². The molecule has 1 aromatic rings. The molecule has 6 heteroatoms. The first-order valence-corrected chi connectivity index (χ1v) is 7.96. The topological polar surface area (TPSA) is 53.5 Å². The summed E-state index contributed by atoms with van der Waals surface area (Å²) in [5.41, 5.74) is 0.569. The third kappa shape index (κ3) is 4.03. The van der Waals surface area contributed by atoms with Crippen molar-refractivity contribution in [1.82, 2.24) is 14.8 Å². The Kier molecular flexibility index (Phi) is 5.33. The Hall–Kier alpha value is -1.43. The minimum Gasteiger partial charge on any atom is -0.339 e. The van der Waals surface area contributed by atoms with E-state index in [0.717, 1.165) is 0 Å². The van der Waals surface area contributed by atoms with Crippen molar-refractivity contribution in [3.63, 3.8) is 0 Å². The van der Waals surface area contributed by atoms with Gasteiger partial charge in [0.25, 0.3) is 5.91 Å². The number of pyridine rings is 1. The van der Waals surface area contributed by atoms with Gasteiger partial charge < -0.3 is 9.80 Å². The zero-order chi connectivity index (χ0) is 15.4. The average Bonchev–Trinajstić information content (AvgIpc) is 2.46. The number of carbonyl (C=O) groups excluding carboxylic acids is 2. The van der Waals surface area contributed by atoms with E-state index in [0.29, 0.717) is 48.7 Å². The molecular formula is C15H20BrN3O2. The highest BCUT2D eigenvalue weighted by molar-refractivity contribution is 9.10. The quantitative estimate of drug-likeness (QED) is 0.782. The molecule has 1 aromatic heterocycles. The van der Waals surface area contributed by atoms with Gasteiger partial charge >= 0.3 is 0 Å². The van der Waals surface area contributed by atoms with Crippen molar-refractivity contribution >= 4 is 27.7 Å². The first-order chi connectivity index (χ1) is 9.99. The lowest BCUT2D eigenvalue weighted by molar-refractivity contribution is -0.133. The SMILES string of the molecule is CC(C)CC(=O)N1CCN(C(=O)c2cccnc2Br)CC1. The van der Waals surface area contributed by atoms with Gasteiger partial charge in [0.1, 0.15) is 4.60 Å². The van der Waals surface area contributed by atoms with Crippen LogP contribution in [0.15, 0.2) is 22.9 Å². The van der Waals surface area contributed by atoms with Gasteiger partial charge in [-0.25, -0.2) is 4.98 Å². The van der Waals surface area contributed by atoms with Crippen LogP contribution >= 0.6 is 15.9 Å². The lowest BCUT2D eigenvalue weighted by Crippen LogP contribution is -2.50. The molecule has 0 spiro atoms. The van der Waals surface area contributed by atoms with Crippen LogP contribution < -0.4 is 0 Å². The number of amides is 2. The molecular weight excluding hydrogens is 334 g/mol. The standard InChI is InChI=1S/C15H20BrN3O2/c1-11(2)10-13(20)18-6-8-19(9-7-18)15(21)12-4-3-5-17-14(12)16/h3-5,11H,6-10H2,1-2H3. The molecule has 1 fully saturated rings. The van der Waals surface area contributed by atoms with Crippen molar-refractivity contribution in [2.75, 3.05) is 26.2 Å². The van der Waals surface area contributed by atoms with E-state index in [-0.39, 0.29) is 11.8 Å². The fourth-order valence-corrected chi connectivity index (χ4v) is 2.77. The highest BCUT2D eigenvalue weighted by Gasteiger charge is 2.26. The highest BCUT2D eigenvalue weighted by Crippen LogP contribution is 2.16. The molecule has 0 N–H and O–H groups in total. The predicted molar refractivity (Wildman–Crippen MR) is 83.9 cm³/mol. The summed E-state index contributed by atoms with van der Waals surface area (Å²) in [5, 5.41) is 0. The lowest BCUT2D eigenvalue weighted by Gasteiger charge is -2.35. The van der Waals surface area contributed by atoms with E-state index in [1.54, 1.807) is 23.2 Å². The molecule has 1 aliphatic heterocycles. The van der Waals surface area contributed by atoms with Crippen molar-refractivity contribution in [1.29, 1.82) is 0 Å². The number of carbonyl (C=O) groups is 2. The van der Waals surface area contributed by atoms with Gasteiger partial charge in [-0.15, -0.1) is 0 Å². The van der Waals surface area contributed by atoms with Crippen molar-refractivity contribution in [2.24, 2.45) is 5.92 Å². The largest absolute Gasteiger partial charge is 0.339 e. The number of hydrogen-bond donors (Lipinski definition) is 0. The van der Waals surface area contributed by atoms with Crippen LogP contribution in [-0.4, -0.2) is 52.8 Å². The minimum absolute atomic E-state index is 0.0362. The maximum absolute atomic E-state index is 12.4. The Bertz CT molecular complexity index is 525. The summed E-state index contributed by atoms with van der Waals surface area (Å²) in [7, 11) is 0. The first kappa shape index (κ1) is 15.9. The van der Waals surface area contributed by atoms with Crippen molar-refractivity contribution in [3.8, 4) is 0 Å². The molecule has 1 aliphatic rings. The molecule has 114 valence electrons. The molecule has 0 radical (unpaired) electrons. The number of hydrogen-bond acceptors (Lipinski definition) is 3. The molecule has 0 atom stereocenters. The first-order valence-electron chi connectivity index (χ1n) is 7.16. The zero-order valence-electron chi connectivity index (χ0n) is 12.4. The second-order valence-corrected chi connectivity index (χ2v) is 6.36. The van der Waals surface area contributed by atoms with E-state index in [1.165, 1.54) is 0 Å². The van der Waals surface area contributed by atoms with Crippen LogP contribution in [0.25, 0.3) is 0 Å². The molecule has 21 heavy (non-hydrogen) atoms. The van der Waals surface area contributed by atoms with Crippen LogP contribution in [0.5, 0.6) is 0 Å². The zero-order valence-corrected chi connectivity index (χ0v) is 14.0. The second kappa shape index (κ2) is 7.02. The minimum atomic E-state index is -0.0362. The Balaban J connectivity index is 1.94. The molecule has 2 rings (SSSR count). The molecule has 2 amide bonds. The molecule has 0 aliphatic carbocycles. The van der Waals surface area contributed by atoms with Gasteiger partial charge in [0.2, 0.25) is 5.91 Å². The number of rotatable bonds is 3. The molecule has 1 saturated heterocycles. The van der Waals surface area contributed by atoms with Gasteiger partial charge in [-0.05, 0) is 34.0 Å². The summed E-state index contributed by atoms with van der Waals surface area (Å²) in [6, 6.07) is 3.51. The Morgan fingerprint density at radius 3 is 2.43 bits per heavy atom. The second-order valence-electron chi connectivity index (χ2n) is 5.61. The van der Waals surface area contributed by atoms with E-state index in [1.807, 2.05) is 18.7 Å². The van der Waals surface area contributed by atoms with Crippen LogP contribution in [0.3, 0.4) is 0 Å². The average molecular weight is 354 g/mol. The fraction of sp³-hybridized carbons (Fsp3) is 0.533. The number of halogens is 1. The summed E-state index contributed by atoms with van der Waals surface area (Å²) in [6.45, 7) is 6.44. The third-order valence-electron chi connectivity index (χ3n) is 3.49. The van der Waals surface area contributed by atoms with Gasteiger partial charge in [0.15, 0.2) is 0 Å². The summed E-state index contributed by atoms with van der Waals surface area (Å²) < 4.78 is 0.563. The van der Waals surface area contributed by atoms with Gasteiger partial charge in [-0.1, -0.05) is 13.8 Å². The van der Waals surface area contributed by atoms with E-state index in [4.69, 9.17) is 0 Å². The van der Waals surface area contributed by atoms with Gasteiger partial charge in [-0.3, -0.25) is 9.59 Å². The van der Waals surface area contributed by atoms with E-state index < -0.39 is 0 Å². The van der Waals surface area contributed by atoms with Crippen molar-refractivity contribution < 1.29 is 9.59 Å². The van der Waals surface area contributed by atoms with Crippen molar-refractivity contribution in [3.05, 3.63) is 28.5 Å². The molecule has 2 heterocycles. The molecule has 0 aromatic carbocycles. The highest BCUT2D eigenvalue weighted by atomic mass is 79.9. The maximum atomic E-state index is 12.4. The summed E-state index contributed by atoms with van der Waals surface area (Å²) in [6.07, 6.45) is 2.21. The predicted octanol–water partition coefficient (Wildman–Crippen LogP) is 2.17. The summed E-state index contributed by atoms with van der Waals surface area (Å²) in [4.78, 5) is 32.1. The molecule has 0 saturated carbocycles. The maximum Gasteiger partial charge on any atom is 0.256 e. The summed E-state index contributed by atoms with van der Waals surface area (Å²) >= 11 is 3.30. The number of aromatic nitrogens is 1. The van der Waals surface area contributed by atoms with E-state index in [2.05, 4.69) is 20.9 Å².